The van der Waals surface area contributed by atoms with E-state index in [1.807, 2.05) is 12.1 Å². The van der Waals surface area contributed by atoms with Crippen LogP contribution in [-0.2, 0) is 0 Å². The smallest absolute Gasteiger partial charge is 0.0635 e. The molecule has 0 unspecified atom stereocenters. The molecule has 1 aliphatic rings. The van der Waals surface area contributed by atoms with Gasteiger partial charge in [0.1, 0.15) is 0 Å². The fourth-order valence-corrected chi connectivity index (χ4v) is 2.54. The van der Waals surface area contributed by atoms with Crippen molar-refractivity contribution in [2.24, 2.45) is 5.92 Å². The van der Waals surface area contributed by atoms with Gasteiger partial charge in [-0.15, -0.1) is 0 Å². The zero-order chi connectivity index (χ0) is 10.8. The van der Waals surface area contributed by atoms with Crippen molar-refractivity contribution in [2.45, 2.75) is 19.4 Å². The number of nitrogens with zero attached hydrogens (tertiary/aromatic N) is 1. The summed E-state index contributed by atoms with van der Waals surface area (Å²) in [6, 6.07) is 8.59. The van der Waals surface area contributed by atoms with E-state index in [0.29, 0.717) is 12.0 Å². The van der Waals surface area contributed by atoms with Crippen LogP contribution in [0.25, 0.3) is 0 Å². The van der Waals surface area contributed by atoms with Gasteiger partial charge in [-0.05, 0) is 36.6 Å². The Balaban J connectivity index is 2.19. The Hall–Kier alpha value is -0.540. The van der Waals surface area contributed by atoms with E-state index in [9.17, 15) is 5.11 Å². The molecule has 3 heteroatoms. The van der Waals surface area contributed by atoms with Crippen LogP contribution in [0.15, 0.2) is 28.7 Å². The van der Waals surface area contributed by atoms with Gasteiger partial charge in [-0.25, -0.2) is 0 Å². The number of anilines is 1. The molecule has 0 aliphatic carbocycles. The second kappa shape index (κ2) is 4.54. The Morgan fingerprint density at radius 1 is 1.40 bits per heavy atom. The highest BCUT2D eigenvalue weighted by atomic mass is 79.9. The van der Waals surface area contributed by atoms with Crippen molar-refractivity contribution in [3.63, 3.8) is 0 Å². The lowest BCUT2D eigenvalue weighted by Crippen LogP contribution is -2.31. The largest absolute Gasteiger partial charge is 0.394 e. The molecule has 0 bridgehead atoms. The third-order valence-corrected chi connectivity index (χ3v) is 3.52. The SMILES string of the molecule is C[C@H]1C[C@@H](CO)N(c2ccc(Br)cc2)C1. The molecule has 1 N–H and O–H groups in total. The van der Waals surface area contributed by atoms with Crippen molar-refractivity contribution in [2.75, 3.05) is 18.1 Å². The Kier molecular flexibility index (Phi) is 3.32. The van der Waals surface area contributed by atoms with E-state index in [1.54, 1.807) is 0 Å². The summed E-state index contributed by atoms with van der Waals surface area (Å²) in [4.78, 5) is 2.30. The zero-order valence-corrected chi connectivity index (χ0v) is 10.4. The minimum absolute atomic E-state index is 0.250. The van der Waals surface area contributed by atoms with Gasteiger partial charge in [0, 0.05) is 16.7 Å². The van der Waals surface area contributed by atoms with Crippen LogP contribution in [-0.4, -0.2) is 24.3 Å². The molecular weight excluding hydrogens is 254 g/mol. The predicted molar refractivity (Wildman–Crippen MR) is 66.1 cm³/mol. The number of benzene rings is 1. The molecule has 0 amide bonds. The van der Waals surface area contributed by atoms with E-state index in [-0.39, 0.29) is 6.61 Å². The van der Waals surface area contributed by atoms with Gasteiger partial charge in [0.2, 0.25) is 0 Å². The van der Waals surface area contributed by atoms with Crippen LogP contribution in [0.2, 0.25) is 0 Å². The molecule has 1 saturated heterocycles. The number of aliphatic hydroxyl groups excluding tert-OH is 1. The number of aliphatic hydroxyl groups is 1. The highest BCUT2D eigenvalue weighted by Crippen LogP contribution is 2.29. The van der Waals surface area contributed by atoms with Crippen LogP contribution >= 0.6 is 15.9 Å². The first-order valence-electron chi connectivity index (χ1n) is 5.33. The van der Waals surface area contributed by atoms with Crippen molar-refractivity contribution in [1.82, 2.24) is 0 Å². The van der Waals surface area contributed by atoms with Crippen LogP contribution in [0.3, 0.4) is 0 Å². The van der Waals surface area contributed by atoms with Gasteiger partial charge in [0.15, 0.2) is 0 Å². The molecule has 2 atom stereocenters. The van der Waals surface area contributed by atoms with E-state index >= 15 is 0 Å². The molecule has 15 heavy (non-hydrogen) atoms. The first kappa shape index (κ1) is 11.0. The van der Waals surface area contributed by atoms with E-state index in [4.69, 9.17) is 0 Å². The van der Waals surface area contributed by atoms with Gasteiger partial charge < -0.3 is 10.0 Å². The second-order valence-electron chi connectivity index (χ2n) is 4.31. The summed E-state index contributed by atoms with van der Waals surface area (Å²) in [5, 5.41) is 9.32. The molecule has 82 valence electrons. The monoisotopic (exact) mass is 269 g/mol. The van der Waals surface area contributed by atoms with Crippen LogP contribution in [0, 0.1) is 5.92 Å². The summed E-state index contributed by atoms with van der Waals surface area (Å²) >= 11 is 3.43. The van der Waals surface area contributed by atoms with Crippen molar-refractivity contribution < 1.29 is 5.11 Å². The van der Waals surface area contributed by atoms with Crippen molar-refractivity contribution in [1.29, 1.82) is 0 Å². The van der Waals surface area contributed by atoms with Crippen molar-refractivity contribution in [3.8, 4) is 0 Å². The van der Waals surface area contributed by atoms with Crippen LogP contribution in [0.4, 0.5) is 5.69 Å². The fourth-order valence-electron chi connectivity index (χ4n) is 2.27. The Labute approximate surface area is 99.0 Å². The highest BCUT2D eigenvalue weighted by molar-refractivity contribution is 9.10. The molecule has 0 saturated carbocycles. The summed E-state index contributed by atoms with van der Waals surface area (Å²) < 4.78 is 1.10. The number of rotatable bonds is 2. The molecule has 0 spiro atoms. The molecule has 1 aliphatic heterocycles. The van der Waals surface area contributed by atoms with E-state index in [2.05, 4.69) is 39.9 Å². The summed E-state index contributed by atoms with van der Waals surface area (Å²) in [5.41, 5.74) is 1.21. The molecule has 1 fully saturated rings. The van der Waals surface area contributed by atoms with Gasteiger partial charge in [-0.1, -0.05) is 22.9 Å². The normalized spacial score (nSPS) is 25.9. The summed E-state index contributed by atoms with van der Waals surface area (Å²) in [6.45, 7) is 3.54. The first-order valence-corrected chi connectivity index (χ1v) is 6.13. The Morgan fingerprint density at radius 3 is 2.67 bits per heavy atom. The molecule has 0 aromatic heterocycles. The fraction of sp³-hybridized carbons (Fsp3) is 0.500. The lowest BCUT2D eigenvalue weighted by molar-refractivity contribution is 0.264. The molecule has 1 aromatic carbocycles. The van der Waals surface area contributed by atoms with Crippen LogP contribution in [0.1, 0.15) is 13.3 Å². The lowest BCUT2D eigenvalue weighted by Gasteiger charge is -2.25. The minimum Gasteiger partial charge on any atom is -0.394 e. The highest BCUT2D eigenvalue weighted by Gasteiger charge is 2.28. The van der Waals surface area contributed by atoms with Crippen LogP contribution in [0.5, 0.6) is 0 Å². The van der Waals surface area contributed by atoms with Gasteiger partial charge in [-0.2, -0.15) is 0 Å². The summed E-state index contributed by atoms with van der Waals surface area (Å²) in [7, 11) is 0. The maximum Gasteiger partial charge on any atom is 0.0635 e. The Morgan fingerprint density at radius 2 is 2.07 bits per heavy atom. The van der Waals surface area contributed by atoms with Gasteiger partial charge >= 0.3 is 0 Å². The standard InChI is InChI=1S/C12H16BrNO/c1-9-6-12(8-15)14(7-9)11-4-2-10(13)3-5-11/h2-5,9,12,15H,6-8H2,1H3/t9-,12-/m0/s1. The number of hydrogen-bond donors (Lipinski definition) is 1. The molecule has 0 radical (unpaired) electrons. The van der Waals surface area contributed by atoms with Crippen LogP contribution < -0.4 is 4.90 Å². The van der Waals surface area contributed by atoms with Crippen molar-refractivity contribution in [3.05, 3.63) is 28.7 Å². The molecular formula is C12H16BrNO. The lowest BCUT2D eigenvalue weighted by atomic mass is 10.1. The second-order valence-corrected chi connectivity index (χ2v) is 5.22. The maximum absolute atomic E-state index is 9.32. The third kappa shape index (κ3) is 2.34. The van der Waals surface area contributed by atoms with Gasteiger partial charge in [0.25, 0.3) is 0 Å². The number of hydrogen-bond acceptors (Lipinski definition) is 2. The Bertz CT molecular complexity index is 325. The minimum atomic E-state index is 0.250. The van der Waals surface area contributed by atoms with Gasteiger partial charge in [0.05, 0.1) is 12.6 Å². The quantitative estimate of drug-likeness (QED) is 0.893. The average molecular weight is 270 g/mol. The third-order valence-electron chi connectivity index (χ3n) is 2.99. The molecule has 1 aromatic rings. The molecule has 2 rings (SSSR count). The molecule has 2 nitrogen and oxygen atoms in total. The van der Waals surface area contributed by atoms with E-state index < -0.39 is 0 Å². The summed E-state index contributed by atoms with van der Waals surface area (Å²) in [6.07, 6.45) is 1.09. The summed E-state index contributed by atoms with van der Waals surface area (Å²) in [5.74, 6) is 0.672. The predicted octanol–water partition coefficient (Wildman–Crippen LogP) is 2.66. The van der Waals surface area contributed by atoms with Crippen molar-refractivity contribution >= 4 is 21.6 Å². The maximum atomic E-state index is 9.32. The van der Waals surface area contributed by atoms with E-state index in [0.717, 1.165) is 17.4 Å². The molecule has 1 heterocycles. The first-order chi connectivity index (χ1) is 7.20. The van der Waals surface area contributed by atoms with E-state index in [1.165, 1.54) is 5.69 Å². The zero-order valence-electron chi connectivity index (χ0n) is 8.86. The average Bonchev–Trinajstić information content (AvgIpc) is 2.61. The van der Waals surface area contributed by atoms with Gasteiger partial charge in [-0.3, -0.25) is 0 Å². The topological polar surface area (TPSA) is 23.5 Å². The number of halogens is 1.